The largest absolute Gasteiger partial charge is 0.457 e. The van der Waals surface area contributed by atoms with Crippen LogP contribution in [0.15, 0.2) is 48.5 Å². The van der Waals surface area contributed by atoms with E-state index in [1.165, 1.54) is 24.3 Å². The minimum Gasteiger partial charge on any atom is -0.457 e. The number of hydrogen-bond acceptors (Lipinski definition) is 3. The molecule has 0 fully saturated rings. The van der Waals surface area contributed by atoms with Crippen LogP contribution in [0.3, 0.4) is 0 Å². The van der Waals surface area contributed by atoms with Crippen molar-refractivity contribution < 1.29 is 18.7 Å². The van der Waals surface area contributed by atoms with Gasteiger partial charge in [0.05, 0.1) is 5.02 Å². The van der Waals surface area contributed by atoms with Gasteiger partial charge in [-0.05, 0) is 51.1 Å². The second-order valence-corrected chi connectivity index (χ2v) is 6.49. The minimum atomic E-state index is -0.556. The Morgan fingerprint density at radius 2 is 1.83 bits per heavy atom. The average molecular weight is 349 g/mol. The lowest BCUT2D eigenvalue weighted by Gasteiger charge is -2.18. The summed E-state index contributed by atoms with van der Waals surface area (Å²) >= 11 is 5.97. The number of carbonyl (C=O) groups excluding carboxylic acids is 1. The number of carbonyl (C=O) groups is 1. The van der Waals surface area contributed by atoms with Crippen LogP contribution >= 0.6 is 11.6 Å². The number of hydrogen-bond donors (Lipinski definition) is 0. The Morgan fingerprint density at radius 3 is 2.50 bits per heavy atom. The zero-order chi connectivity index (χ0) is 17.7. The number of halogens is 2. The molecule has 0 unspecified atom stereocenters. The second-order valence-electron chi connectivity index (χ2n) is 6.08. The third-order valence-electron chi connectivity index (χ3n) is 2.84. The molecule has 2 aromatic rings. The predicted molar refractivity (Wildman–Crippen MR) is 92.8 cm³/mol. The molecule has 0 radical (unpaired) electrons. The maximum absolute atomic E-state index is 13.1. The third kappa shape index (κ3) is 5.39. The predicted octanol–water partition coefficient (Wildman–Crippen LogP) is 5.63. The highest BCUT2D eigenvalue weighted by Gasteiger charge is 2.14. The van der Waals surface area contributed by atoms with Crippen LogP contribution in [-0.4, -0.2) is 11.6 Å². The van der Waals surface area contributed by atoms with Crippen LogP contribution in [0.5, 0.6) is 11.5 Å². The molecule has 3 nitrogen and oxygen atoms in total. The fourth-order valence-electron chi connectivity index (χ4n) is 1.88. The topological polar surface area (TPSA) is 35.5 Å². The Morgan fingerprint density at radius 1 is 1.12 bits per heavy atom. The van der Waals surface area contributed by atoms with Gasteiger partial charge in [0.15, 0.2) is 0 Å². The zero-order valence-corrected chi connectivity index (χ0v) is 14.4. The zero-order valence-electron chi connectivity index (χ0n) is 13.7. The number of rotatable bonds is 4. The lowest BCUT2D eigenvalue weighted by atomic mass is 10.1. The van der Waals surface area contributed by atoms with Gasteiger partial charge in [0.1, 0.15) is 22.9 Å². The molecule has 126 valence electrons. The standard InChI is InChI=1S/C19H18ClFO3/c1-19(2,3)24-18(22)11-8-13-6-4-5-7-16(13)23-17-10-9-14(21)12-15(17)20/h4-12H,1-3H3/b11-8+. The van der Waals surface area contributed by atoms with Crippen LogP contribution in [0.1, 0.15) is 26.3 Å². The lowest BCUT2D eigenvalue weighted by molar-refractivity contribution is -0.148. The highest BCUT2D eigenvalue weighted by molar-refractivity contribution is 6.32. The first kappa shape index (κ1) is 18.0. The van der Waals surface area contributed by atoms with Gasteiger partial charge in [-0.3, -0.25) is 0 Å². The summed E-state index contributed by atoms with van der Waals surface area (Å²) in [7, 11) is 0. The molecule has 0 saturated carbocycles. The molecule has 0 amide bonds. The maximum Gasteiger partial charge on any atom is 0.331 e. The molecule has 0 spiro atoms. The van der Waals surface area contributed by atoms with E-state index in [4.69, 9.17) is 21.1 Å². The van der Waals surface area contributed by atoms with Crippen molar-refractivity contribution in [1.29, 1.82) is 0 Å². The van der Waals surface area contributed by atoms with Crippen LogP contribution in [0.25, 0.3) is 6.08 Å². The van der Waals surface area contributed by atoms with Crippen molar-refractivity contribution in [3.63, 3.8) is 0 Å². The Bertz CT molecular complexity index is 763. The van der Waals surface area contributed by atoms with E-state index in [1.54, 1.807) is 45.0 Å². The lowest BCUT2D eigenvalue weighted by Crippen LogP contribution is -2.22. The van der Waals surface area contributed by atoms with Crippen LogP contribution in [0.4, 0.5) is 4.39 Å². The summed E-state index contributed by atoms with van der Waals surface area (Å²) in [5.74, 6) is -0.0652. The number of benzene rings is 2. The summed E-state index contributed by atoms with van der Waals surface area (Å²) < 4.78 is 24.1. The van der Waals surface area contributed by atoms with Crippen molar-refractivity contribution in [1.82, 2.24) is 0 Å². The van der Waals surface area contributed by atoms with Gasteiger partial charge >= 0.3 is 5.97 Å². The average Bonchev–Trinajstić information content (AvgIpc) is 2.47. The van der Waals surface area contributed by atoms with E-state index < -0.39 is 17.4 Å². The van der Waals surface area contributed by atoms with Crippen LogP contribution in [-0.2, 0) is 9.53 Å². The SMILES string of the molecule is CC(C)(C)OC(=O)/C=C/c1ccccc1Oc1ccc(F)cc1Cl. The number of para-hydroxylation sites is 1. The Balaban J connectivity index is 2.20. The molecule has 2 aromatic carbocycles. The van der Waals surface area contributed by atoms with E-state index >= 15 is 0 Å². The van der Waals surface area contributed by atoms with Gasteiger partial charge in [-0.25, -0.2) is 9.18 Å². The number of esters is 1. The fourth-order valence-corrected chi connectivity index (χ4v) is 2.09. The Hall–Kier alpha value is -2.33. The smallest absolute Gasteiger partial charge is 0.331 e. The minimum absolute atomic E-state index is 0.168. The van der Waals surface area contributed by atoms with Crippen LogP contribution in [0, 0.1) is 5.82 Å². The molecular weight excluding hydrogens is 331 g/mol. The molecule has 0 aliphatic heterocycles. The fraction of sp³-hybridized carbons (Fsp3) is 0.211. The molecule has 24 heavy (non-hydrogen) atoms. The molecule has 5 heteroatoms. The number of ether oxygens (including phenoxy) is 2. The molecule has 0 aliphatic carbocycles. The summed E-state index contributed by atoms with van der Waals surface area (Å²) in [6.45, 7) is 5.39. The molecular formula is C19H18ClFO3. The highest BCUT2D eigenvalue weighted by atomic mass is 35.5. The van der Waals surface area contributed by atoms with E-state index in [0.717, 1.165) is 0 Å². The molecule has 0 N–H and O–H groups in total. The van der Waals surface area contributed by atoms with Crippen molar-refractivity contribution in [2.45, 2.75) is 26.4 Å². The van der Waals surface area contributed by atoms with Gasteiger partial charge < -0.3 is 9.47 Å². The van der Waals surface area contributed by atoms with Gasteiger partial charge in [-0.1, -0.05) is 29.8 Å². The van der Waals surface area contributed by atoms with E-state index in [-0.39, 0.29) is 5.02 Å². The van der Waals surface area contributed by atoms with E-state index in [9.17, 15) is 9.18 Å². The maximum atomic E-state index is 13.1. The van der Waals surface area contributed by atoms with Gasteiger partial charge in [-0.2, -0.15) is 0 Å². The molecule has 0 aromatic heterocycles. The first-order chi connectivity index (χ1) is 11.2. The van der Waals surface area contributed by atoms with Crippen molar-refractivity contribution >= 4 is 23.6 Å². The highest BCUT2D eigenvalue weighted by Crippen LogP contribution is 2.32. The first-order valence-corrected chi connectivity index (χ1v) is 7.75. The Kier molecular flexibility index (Phi) is 5.62. The summed E-state index contributed by atoms with van der Waals surface area (Å²) in [5, 5.41) is 0.168. The van der Waals surface area contributed by atoms with Crippen molar-refractivity contribution in [3.8, 4) is 11.5 Å². The summed E-state index contributed by atoms with van der Waals surface area (Å²) in [4.78, 5) is 11.8. The van der Waals surface area contributed by atoms with Crippen molar-refractivity contribution in [2.24, 2.45) is 0 Å². The summed E-state index contributed by atoms with van der Waals surface area (Å²) in [6, 6.07) is 11.0. The van der Waals surface area contributed by atoms with Gasteiger partial charge in [-0.15, -0.1) is 0 Å². The molecule has 0 bridgehead atoms. The quantitative estimate of drug-likeness (QED) is 0.531. The molecule has 0 atom stereocenters. The monoisotopic (exact) mass is 348 g/mol. The van der Waals surface area contributed by atoms with E-state index in [0.29, 0.717) is 17.1 Å². The molecule has 0 aliphatic rings. The van der Waals surface area contributed by atoms with Crippen LogP contribution in [0.2, 0.25) is 5.02 Å². The molecule has 0 heterocycles. The van der Waals surface area contributed by atoms with Gasteiger partial charge in [0.2, 0.25) is 0 Å². The van der Waals surface area contributed by atoms with Gasteiger partial charge in [0, 0.05) is 11.6 Å². The second kappa shape index (κ2) is 7.49. The third-order valence-corrected chi connectivity index (χ3v) is 3.13. The molecule has 0 saturated heterocycles. The first-order valence-electron chi connectivity index (χ1n) is 7.37. The summed E-state index contributed by atoms with van der Waals surface area (Å²) in [5.41, 5.74) is 0.114. The summed E-state index contributed by atoms with van der Waals surface area (Å²) in [6.07, 6.45) is 2.93. The normalized spacial score (nSPS) is 11.5. The molecule has 2 rings (SSSR count). The van der Waals surface area contributed by atoms with Crippen LogP contribution < -0.4 is 4.74 Å². The Labute approximate surface area is 145 Å². The van der Waals surface area contributed by atoms with Crippen molar-refractivity contribution in [3.05, 3.63) is 64.9 Å². The van der Waals surface area contributed by atoms with Crippen molar-refractivity contribution in [2.75, 3.05) is 0 Å². The van der Waals surface area contributed by atoms with E-state index in [1.807, 2.05) is 6.07 Å². The van der Waals surface area contributed by atoms with E-state index in [2.05, 4.69) is 0 Å². The van der Waals surface area contributed by atoms with Gasteiger partial charge in [0.25, 0.3) is 0 Å².